The van der Waals surface area contributed by atoms with Crippen molar-refractivity contribution in [3.63, 3.8) is 0 Å². The number of hydrogen-bond acceptors (Lipinski definition) is 3. The summed E-state index contributed by atoms with van der Waals surface area (Å²) in [5.74, 6) is 1.68. The first-order chi connectivity index (χ1) is 9.69. The summed E-state index contributed by atoms with van der Waals surface area (Å²) >= 11 is 3.53. The first-order valence-electron chi connectivity index (χ1n) is 6.34. The molecule has 0 aliphatic rings. The Morgan fingerprint density at radius 2 is 1.75 bits per heavy atom. The summed E-state index contributed by atoms with van der Waals surface area (Å²) in [6.07, 6.45) is 0. The third-order valence-electron chi connectivity index (χ3n) is 3.22. The minimum absolute atomic E-state index is 0.104. The predicted octanol–water partition coefficient (Wildman–Crippen LogP) is 3.78. The van der Waals surface area contributed by atoms with E-state index < -0.39 is 0 Å². The quantitative estimate of drug-likeness (QED) is 0.902. The first kappa shape index (κ1) is 14.9. The van der Waals surface area contributed by atoms with Gasteiger partial charge in [-0.1, -0.05) is 18.2 Å². The van der Waals surface area contributed by atoms with E-state index in [0.29, 0.717) is 0 Å². The third-order valence-corrected chi connectivity index (χ3v) is 3.84. The number of methoxy groups -OCH3 is 2. The van der Waals surface area contributed by atoms with Gasteiger partial charge in [0.2, 0.25) is 0 Å². The summed E-state index contributed by atoms with van der Waals surface area (Å²) in [7, 11) is 5.29. The Morgan fingerprint density at radius 1 is 1.00 bits per heavy atom. The highest BCUT2D eigenvalue weighted by molar-refractivity contribution is 9.10. The molecule has 0 saturated heterocycles. The lowest BCUT2D eigenvalue weighted by molar-refractivity contribution is 0.411. The maximum atomic E-state index is 5.29. The van der Waals surface area contributed by atoms with Crippen molar-refractivity contribution in [1.82, 2.24) is 5.32 Å². The van der Waals surface area contributed by atoms with Gasteiger partial charge in [0.1, 0.15) is 11.5 Å². The standard InChI is InChI=1S/C16H18BrNO2/c1-18-16(11-5-4-6-13(9-11)19-2)12-7-8-15(20-3)14(17)10-12/h4-10,16,18H,1-3H3. The molecule has 0 heterocycles. The number of hydrogen-bond donors (Lipinski definition) is 1. The highest BCUT2D eigenvalue weighted by Gasteiger charge is 2.14. The topological polar surface area (TPSA) is 30.5 Å². The highest BCUT2D eigenvalue weighted by atomic mass is 79.9. The van der Waals surface area contributed by atoms with Crippen molar-refractivity contribution in [3.05, 3.63) is 58.1 Å². The minimum atomic E-state index is 0.104. The van der Waals surface area contributed by atoms with Gasteiger partial charge in [-0.3, -0.25) is 0 Å². The molecule has 2 aromatic carbocycles. The summed E-state index contributed by atoms with van der Waals surface area (Å²) in [6, 6.07) is 14.3. The Kier molecular flexibility index (Phi) is 5.04. The Labute approximate surface area is 128 Å². The van der Waals surface area contributed by atoms with E-state index in [-0.39, 0.29) is 6.04 Å². The van der Waals surface area contributed by atoms with Crippen LogP contribution in [0.1, 0.15) is 17.2 Å². The van der Waals surface area contributed by atoms with Crippen molar-refractivity contribution >= 4 is 15.9 Å². The zero-order valence-electron chi connectivity index (χ0n) is 11.8. The zero-order valence-corrected chi connectivity index (χ0v) is 13.4. The number of halogens is 1. The molecule has 0 fully saturated rings. The van der Waals surface area contributed by atoms with Gasteiger partial charge in [0.05, 0.1) is 24.7 Å². The van der Waals surface area contributed by atoms with Crippen molar-refractivity contribution in [2.45, 2.75) is 6.04 Å². The van der Waals surface area contributed by atoms with Crippen LogP contribution in [0.5, 0.6) is 11.5 Å². The fourth-order valence-electron chi connectivity index (χ4n) is 2.21. The molecule has 106 valence electrons. The van der Waals surface area contributed by atoms with Crippen molar-refractivity contribution in [1.29, 1.82) is 0 Å². The average molecular weight is 336 g/mol. The summed E-state index contributed by atoms with van der Waals surface area (Å²) in [5, 5.41) is 3.33. The second-order valence-electron chi connectivity index (χ2n) is 4.39. The first-order valence-corrected chi connectivity index (χ1v) is 7.13. The Balaban J connectivity index is 2.38. The monoisotopic (exact) mass is 335 g/mol. The molecular weight excluding hydrogens is 318 g/mol. The number of rotatable bonds is 5. The van der Waals surface area contributed by atoms with Crippen LogP contribution in [0.3, 0.4) is 0 Å². The smallest absolute Gasteiger partial charge is 0.133 e. The molecule has 0 saturated carbocycles. The van der Waals surface area contributed by atoms with Gasteiger partial charge < -0.3 is 14.8 Å². The van der Waals surface area contributed by atoms with E-state index in [0.717, 1.165) is 27.1 Å². The molecular formula is C16H18BrNO2. The van der Waals surface area contributed by atoms with Gasteiger partial charge in [0.25, 0.3) is 0 Å². The molecule has 0 aliphatic heterocycles. The fourth-order valence-corrected chi connectivity index (χ4v) is 2.77. The molecule has 0 aromatic heterocycles. The lowest BCUT2D eigenvalue weighted by Crippen LogP contribution is -2.17. The molecule has 0 spiro atoms. The van der Waals surface area contributed by atoms with Gasteiger partial charge in [0.15, 0.2) is 0 Å². The van der Waals surface area contributed by atoms with E-state index in [9.17, 15) is 0 Å². The van der Waals surface area contributed by atoms with Crippen LogP contribution in [0.25, 0.3) is 0 Å². The lowest BCUT2D eigenvalue weighted by atomic mass is 9.98. The maximum absolute atomic E-state index is 5.29. The second kappa shape index (κ2) is 6.77. The van der Waals surface area contributed by atoms with E-state index in [4.69, 9.17) is 9.47 Å². The van der Waals surface area contributed by atoms with Crippen molar-refractivity contribution in [2.24, 2.45) is 0 Å². The van der Waals surface area contributed by atoms with Crippen molar-refractivity contribution < 1.29 is 9.47 Å². The molecule has 20 heavy (non-hydrogen) atoms. The zero-order chi connectivity index (χ0) is 14.5. The molecule has 4 heteroatoms. The molecule has 0 aliphatic carbocycles. The van der Waals surface area contributed by atoms with Crippen LogP contribution in [0.2, 0.25) is 0 Å². The van der Waals surface area contributed by atoms with E-state index in [1.807, 2.05) is 31.3 Å². The SMILES string of the molecule is CNC(c1cccc(OC)c1)c1ccc(OC)c(Br)c1. The van der Waals surface area contributed by atoms with Crippen LogP contribution >= 0.6 is 15.9 Å². The molecule has 1 unspecified atom stereocenters. The Hall–Kier alpha value is -1.52. The second-order valence-corrected chi connectivity index (χ2v) is 5.25. The van der Waals surface area contributed by atoms with Crippen LogP contribution < -0.4 is 14.8 Å². The van der Waals surface area contributed by atoms with E-state index in [1.165, 1.54) is 0 Å². The molecule has 2 aromatic rings. The number of nitrogens with one attached hydrogen (secondary N) is 1. The maximum Gasteiger partial charge on any atom is 0.133 e. The predicted molar refractivity (Wildman–Crippen MR) is 84.6 cm³/mol. The molecule has 2 rings (SSSR count). The van der Waals surface area contributed by atoms with Crippen LogP contribution in [0, 0.1) is 0 Å². The minimum Gasteiger partial charge on any atom is -0.497 e. The molecule has 0 radical (unpaired) electrons. The average Bonchev–Trinajstić information content (AvgIpc) is 2.48. The highest BCUT2D eigenvalue weighted by Crippen LogP contribution is 2.31. The largest absolute Gasteiger partial charge is 0.497 e. The van der Waals surface area contributed by atoms with Crippen LogP contribution in [0.4, 0.5) is 0 Å². The summed E-state index contributed by atoms with van der Waals surface area (Å²) < 4.78 is 11.5. The Bertz CT molecular complexity index is 586. The van der Waals surface area contributed by atoms with Crippen LogP contribution in [-0.2, 0) is 0 Å². The van der Waals surface area contributed by atoms with Gasteiger partial charge in [-0.15, -0.1) is 0 Å². The summed E-state index contributed by atoms with van der Waals surface area (Å²) in [4.78, 5) is 0. The lowest BCUT2D eigenvalue weighted by Gasteiger charge is -2.19. The summed E-state index contributed by atoms with van der Waals surface area (Å²) in [6.45, 7) is 0. The molecule has 3 nitrogen and oxygen atoms in total. The Morgan fingerprint density at radius 3 is 2.35 bits per heavy atom. The van der Waals surface area contributed by atoms with Gasteiger partial charge in [0, 0.05) is 0 Å². The van der Waals surface area contributed by atoms with Crippen molar-refractivity contribution in [3.8, 4) is 11.5 Å². The molecule has 1 atom stereocenters. The van der Waals surface area contributed by atoms with Gasteiger partial charge in [-0.25, -0.2) is 0 Å². The van der Waals surface area contributed by atoms with E-state index >= 15 is 0 Å². The van der Waals surface area contributed by atoms with Gasteiger partial charge >= 0.3 is 0 Å². The van der Waals surface area contributed by atoms with Gasteiger partial charge in [-0.2, -0.15) is 0 Å². The molecule has 0 amide bonds. The van der Waals surface area contributed by atoms with Crippen molar-refractivity contribution in [2.75, 3.05) is 21.3 Å². The normalized spacial score (nSPS) is 12.0. The van der Waals surface area contributed by atoms with E-state index in [1.54, 1.807) is 14.2 Å². The van der Waals surface area contributed by atoms with Crippen LogP contribution in [0.15, 0.2) is 46.9 Å². The molecule has 0 bridgehead atoms. The third kappa shape index (κ3) is 3.14. The van der Waals surface area contributed by atoms with Gasteiger partial charge in [-0.05, 0) is 58.4 Å². The molecule has 1 N–H and O–H groups in total. The summed E-state index contributed by atoms with van der Waals surface area (Å²) in [5.41, 5.74) is 2.32. The van der Waals surface area contributed by atoms with E-state index in [2.05, 4.69) is 39.4 Å². The van der Waals surface area contributed by atoms with Crippen LogP contribution in [-0.4, -0.2) is 21.3 Å². The fraction of sp³-hybridized carbons (Fsp3) is 0.250. The number of ether oxygens (including phenoxy) is 2. The number of benzene rings is 2.